The second-order valence-corrected chi connectivity index (χ2v) is 2.80. The summed E-state index contributed by atoms with van der Waals surface area (Å²) in [6.07, 6.45) is 6.19. The minimum Gasteiger partial charge on any atom is -0.303 e. The molecule has 1 aliphatic rings. The number of nitrogens with zero attached hydrogens (tertiary/aromatic N) is 1. The molecule has 0 unspecified atom stereocenters. The van der Waals surface area contributed by atoms with E-state index in [9.17, 15) is 4.79 Å². The van der Waals surface area contributed by atoms with Crippen molar-refractivity contribution in [3.63, 3.8) is 0 Å². The van der Waals surface area contributed by atoms with Crippen molar-refractivity contribution in [2.45, 2.75) is 25.7 Å². The lowest BCUT2D eigenvalue weighted by Gasteiger charge is -2.12. The fourth-order valence-electron chi connectivity index (χ4n) is 1.38. The molecule has 1 fully saturated rings. The van der Waals surface area contributed by atoms with Crippen molar-refractivity contribution in [2.24, 2.45) is 0 Å². The summed E-state index contributed by atoms with van der Waals surface area (Å²) in [4.78, 5) is 12.2. The van der Waals surface area contributed by atoms with E-state index < -0.39 is 0 Å². The molecule has 0 aromatic rings. The smallest absolute Gasteiger partial charge is 0.198 e. The Morgan fingerprint density at radius 2 is 2.00 bits per heavy atom. The van der Waals surface area contributed by atoms with E-state index in [2.05, 4.69) is 4.90 Å². The Labute approximate surface area is 62.2 Å². The zero-order chi connectivity index (χ0) is 7.23. The zero-order valence-electron chi connectivity index (χ0n) is 6.31. The van der Waals surface area contributed by atoms with Crippen molar-refractivity contribution in [3.8, 4) is 0 Å². The zero-order valence-corrected chi connectivity index (χ0v) is 6.31. The highest BCUT2D eigenvalue weighted by atomic mass is 16.1. The molecule has 0 N–H and O–H groups in total. The topological polar surface area (TPSA) is 20.3 Å². The summed E-state index contributed by atoms with van der Waals surface area (Å²) in [5, 5.41) is 0. The molecule has 0 spiro atoms. The van der Waals surface area contributed by atoms with Gasteiger partial charge < -0.3 is 4.90 Å². The van der Waals surface area contributed by atoms with Gasteiger partial charge in [0.1, 0.15) is 0 Å². The second kappa shape index (κ2) is 4.45. The summed E-state index contributed by atoms with van der Waals surface area (Å²) in [5.41, 5.74) is 0. The molecule has 1 radical (unpaired) electrons. The average molecular weight is 140 g/mol. The van der Waals surface area contributed by atoms with Crippen molar-refractivity contribution in [3.05, 3.63) is 0 Å². The predicted octanol–water partition coefficient (Wildman–Crippen LogP) is 0.972. The van der Waals surface area contributed by atoms with Crippen molar-refractivity contribution < 1.29 is 4.79 Å². The molecule has 1 rings (SSSR count). The first kappa shape index (κ1) is 7.73. The number of carbonyl (C=O) groups excluding carboxylic acids is 1. The quantitative estimate of drug-likeness (QED) is 0.542. The SMILES string of the molecule is O=[C]CCCN1CCCC1. The van der Waals surface area contributed by atoms with Crippen LogP contribution in [0.15, 0.2) is 0 Å². The standard InChI is InChI=1S/C8H14NO/c10-8-4-3-7-9-5-1-2-6-9/h1-7H2. The van der Waals surface area contributed by atoms with Gasteiger partial charge in [0.15, 0.2) is 6.29 Å². The Morgan fingerprint density at radius 1 is 1.30 bits per heavy atom. The Balaban J connectivity index is 1.96. The first-order valence-electron chi connectivity index (χ1n) is 4.01. The molecule has 1 aliphatic heterocycles. The maximum Gasteiger partial charge on any atom is 0.198 e. The summed E-state index contributed by atoms with van der Waals surface area (Å²) in [6, 6.07) is 0. The molecule has 0 saturated carbocycles. The van der Waals surface area contributed by atoms with Crippen LogP contribution in [0.25, 0.3) is 0 Å². The lowest BCUT2D eigenvalue weighted by molar-refractivity contribution is 0.335. The van der Waals surface area contributed by atoms with Crippen LogP contribution in [0.1, 0.15) is 25.7 Å². The van der Waals surface area contributed by atoms with Gasteiger partial charge in [-0.05, 0) is 38.9 Å². The van der Waals surface area contributed by atoms with Crippen LogP contribution in [0, 0.1) is 0 Å². The third-order valence-electron chi connectivity index (χ3n) is 1.95. The van der Waals surface area contributed by atoms with E-state index in [4.69, 9.17) is 0 Å². The van der Waals surface area contributed by atoms with Gasteiger partial charge in [0.05, 0.1) is 0 Å². The molecule has 0 amide bonds. The van der Waals surface area contributed by atoms with E-state index in [0.29, 0.717) is 6.42 Å². The number of unbranched alkanes of at least 4 members (excludes halogenated alkanes) is 1. The summed E-state index contributed by atoms with van der Waals surface area (Å²) < 4.78 is 0. The van der Waals surface area contributed by atoms with Crippen LogP contribution < -0.4 is 0 Å². The van der Waals surface area contributed by atoms with Crippen LogP contribution in [-0.4, -0.2) is 30.8 Å². The molecular formula is C8H14NO. The highest BCUT2D eigenvalue weighted by Gasteiger charge is 2.09. The maximum atomic E-state index is 9.84. The molecule has 57 valence electrons. The van der Waals surface area contributed by atoms with Gasteiger partial charge in [-0.2, -0.15) is 0 Å². The Kier molecular flexibility index (Phi) is 3.44. The number of hydrogen-bond donors (Lipinski definition) is 0. The number of rotatable bonds is 4. The normalized spacial score (nSPS) is 19.6. The van der Waals surface area contributed by atoms with Gasteiger partial charge in [0.25, 0.3) is 0 Å². The Hall–Kier alpha value is -0.370. The molecule has 2 nitrogen and oxygen atoms in total. The van der Waals surface area contributed by atoms with Gasteiger partial charge in [-0.3, -0.25) is 4.79 Å². The van der Waals surface area contributed by atoms with Crippen LogP contribution in [0.3, 0.4) is 0 Å². The van der Waals surface area contributed by atoms with E-state index >= 15 is 0 Å². The van der Waals surface area contributed by atoms with E-state index in [1.165, 1.54) is 25.9 Å². The minimum absolute atomic E-state index is 0.608. The van der Waals surface area contributed by atoms with Crippen LogP contribution in [-0.2, 0) is 4.79 Å². The van der Waals surface area contributed by atoms with E-state index in [0.717, 1.165) is 13.0 Å². The van der Waals surface area contributed by atoms with Crippen molar-refractivity contribution >= 4 is 6.29 Å². The first-order chi connectivity index (χ1) is 4.93. The van der Waals surface area contributed by atoms with Gasteiger partial charge in [0, 0.05) is 6.42 Å². The largest absolute Gasteiger partial charge is 0.303 e. The third kappa shape index (κ3) is 2.48. The van der Waals surface area contributed by atoms with Crippen molar-refractivity contribution in [1.82, 2.24) is 4.90 Å². The molecular weight excluding hydrogens is 126 g/mol. The molecule has 1 heterocycles. The van der Waals surface area contributed by atoms with Crippen molar-refractivity contribution in [2.75, 3.05) is 19.6 Å². The molecule has 0 aromatic heterocycles. The molecule has 0 bridgehead atoms. The molecule has 0 atom stereocenters. The van der Waals surface area contributed by atoms with Gasteiger partial charge in [-0.15, -0.1) is 0 Å². The Bertz CT molecular complexity index is 97.4. The lowest BCUT2D eigenvalue weighted by atomic mass is 10.3. The second-order valence-electron chi connectivity index (χ2n) is 2.80. The highest BCUT2D eigenvalue weighted by molar-refractivity contribution is 5.50. The number of hydrogen-bond acceptors (Lipinski definition) is 2. The molecule has 1 saturated heterocycles. The lowest BCUT2D eigenvalue weighted by Crippen LogP contribution is -2.20. The fourth-order valence-corrected chi connectivity index (χ4v) is 1.38. The van der Waals surface area contributed by atoms with Gasteiger partial charge in [-0.1, -0.05) is 0 Å². The number of likely N-dealkylation sites (tertiary alicyclic amines) is 1. The third-order valence-corrected chi connectivity index (χ3v) is 1.95. The van der Waals surface area contributed by atoms with E-state index in [1.54, 1.807) is 0 Å². The van der Waals surface area contributed by atoms with Crippen LogP contribution in [0.4, 0.5) is 0 Å². The van der Waals surface area contributed by atoms with Gasteiger partial charge in [-0.25, -0.2) is 0 Å². The summed E-state index contributed by atoms with van der Waals surface area (Å²) in [7, 11) is 0. The van der Waals surface area contributed by atoms with E-state index in [1.807, 2.05) is 6.29 Å². The molecule has 2 heteroatoms. The highest BCUT2D eigenvalue weighted by Crippen LogP contribution is 2.07. The van der Waals surface area contributed by atoms with Crippen LogP contribution in [0.5, 0.6) is 0 Å². The Morgan fingerprint density at radius 3 is 2.60 bits per heavy atom. The molecule has 10 heavy (non-hydrogen) atoms. The van der Waals surface area contributed by atoms with Gasteiger partial charge >= 0.3 is 0 Å². The monoisotopic (exact) mass is 140 g/mol. The summed E-state index contributed by atoms with van der Waals surface area (Å²) in [6.45, 7) is 3.56. The molecule has 0 aliphatic carbocycles. The average Bonchev–Trinajstić information content (AvgIpc) is 2.41. The first-order valence-corrected chi connectivity index (χ1v) is 4.01. The predicted molar refractivity (Wildman–Crippen MR) is 40.6 cm³/mol. The van der Waals surface area contributed by atoms with Crippen molar-refractivity contribution in [1.29, 1.82) is 0 Å². The summed E-state index contributed by atoms with van der Waals surface area (Å²) >= 11 is 0. The fraction of sp³-hybridized carbons (Fsp3) is 0.875. The maximum absolute atomic E-state index is 9.84. The van der Waals surface area contributed by atoms with E-state index in [-0.39, 0.29) is 0 Å². The van der Waals surface area contributed by atoms with Crippen LogP contribution in [0.2, 0.25) is 0 Å². The molecule has 0 aromatic carbocycles. The summed E-state index contributed by atoms with van der Waals surface area (Å²) in [5.74, 6) is 0. The minimum atomic E-state index is 0.608. The van der Waals surface area contributed by atoms with Gasteiger partial charge in [0.2, 0.25) is 0 Å². The van der Waals surface area contributed by atoms with Crippen LogP contribution >= 0.6 is 0 Å².